The van der Waals surface area contributed by atoms with Crippen LogP contribution < -0.4 is 14.8 Å². The monoisotopic (exact) mass is 502 g/mol. The number of methoxy groups -OCH3 is 1. The summed E-state index contributed by atoms with van der Waals surface area (Å²) in [5.41, 5.74) is 1.53. The Morgan fingerprint density at radius 2 is 1.79 bits per heavy atom. The van der Waals surface area contributed by atoms with Gasteiger partial charge in [-0.15, -0.1) is 0 Å². The molecule has 3 aromatic rings. The first-order valence-electron chi connectivity index (χ1n) is 9.47. The van der Waals surface area contributed by atoms with Gasteiger partial charge in [0.25, 0.3) is 5.91 Å². The minimum absolute atomic E-state index is 0.0623. The predicted octanol–water partition coefficient (Wildman–Crippen LogP) is 6.49. The summed E-state index contributed by atoms with van der Waals surface area (Å²) in [6.07, 6.45) is 1.38. The van der Waals surface area contributed by atoms with Crippen molar-refractivity contribution in [3.8, 4) is 23.3 Å². The van der Waals surface area contributed by atoms with E-state index >= 15 is 0 Å². The van der Waals surface area contributed by atoms with Crippen molar-refractivity contribution in [2.75, 3.05) is 12.4 Å². The van der Waals surface area contributed by atoms with Crippen LogP contribution in [0.25, 0.3) is 6.08 Å². The third kappa shape index (κ3) is 6.33. The number of carbonyl (C=O) groups excluding carboxylic acids is 1. The molecule has 0 aliphatic heterocycles. The van der Waals surface area contributed by atoms with E-state index in [4.69, 9.17) is 44.3 Å². The van der Waals surface area contributed by atoms with E-state index in [1.165, 1.54) is 37.5 Å². The molecule has 0 saturated carbocycles. The number of phenols is 1. The minimum atomic E-state index is -0.613. The number of benzene rings is 3. The molecular weight excluding hydrogens is 487 g/mol. The molecule has 0 saturated heterocycles. The van der Waals surface area contributed by atoms with Crippen molar-refractivity contribution < 1.29 is 19.4 Å². The molecule has 9 heteroatoms. The Balaban J connectivity index is 1.81. The lowest BCUT2D eigenvalue weighted by atomic mass is 10.1. The van der Waals surface area contributed by atoms with Crippen molar-refractivity contribution >= 4 is 52.5 Å². The molecule has 3 rings (SSSR count). The van der Waals surface area contributed by atoms with Crippen LogP contribution >= 0.6 is 34.8 Å². The quantitative estimate of drug-likeness (QED) is 0.218. The Hall–Kier alpha value is -3.37. The van der Waals surface area contributed by atoms with Gasteiger partial charge in [-0.2, -0.15) is 5.26 Å². The fourth-order valence-corrected chi connectivity index (χ4v) is 3.40. The van der Waals surface area contributed by atoms with Gasteiger partial charge in [0.05, 0.1) is 22.2 Å². The van der Waals surface area contributed by atoms with Crippen molar-refractivity contribution in [1.82, 2.24) is 0 Å². The second kappa shape index (κ2) is 11.0. The molecule has 0 heterocycles. The number of hydrogen-bond donors (Lipinski definition) is 2. The number of rotatable bonds is 7. The number of nitrogens with one attached hydrogen (secondary N) is 1. The lowest BCUT2D eigenvalue weighted by molar-refractivity contribution is -0.112. The van der Waals surface area contributed by atoms with Crippen molar-refractivity contribution in [2.45, 2.75) is 6.61 Å². The van der Waals surface area contributed by atoms with E-state index in [0.717, 1.165) is 5.56 Å². The molecule has 0 radical (unpaired) electrons. The van der Waals surface area contributed by atoms with Gasteiger partial charge in [-0.3, -0.25) is 4.79 Å². The maximum Gasteiger partial charge on any atom is 0.266 e. The van der Waals surface area contributed by atoms with Crippen LogP contribution in [-0.2, 0) is 11.4 Å². The molecule has 0 aliphatic rings. The summed E-state index contributed by atoms with van der Waals surface area (Å²) in [4.78, 5) is 12.5. The first kappa shape index (κ1) is 24.3. The van der Waals surface area contributed by atoms with E-state index in [2.05, 4.69) is 5.32 Å². The van der Waals surface area contributed by atoms with Crippen LogP contribution in [0.5, 0.6) is 17.2 Å². The van der Waals surface area contributed by atoms with Crippen LogP contribution in [0.3, 0.4) is 0 Å². The summed E-state index contributed by atoms with van der Waals surface area (Å²) in [6.45, 7) is 0.167. The summed E-state index contributed by atoms with van der Waals surface area (Å²) >= 11 is 18.4. The molecular formula is C24H17Cl3N2O4. The molecule has 168 valence electrons. The summed E-state index contributed by atoms with van der Waals surface area (Å²) in [6, 6.07) is 16.0. The highest BCUT2D eigenvalue weighted by molar-refractivity contribution is 6.42. The van der Waals surface area contributed by atoms with Gasteiger partial charge in [0.1, 0.15) is 24.0 Å². The Labute approximate surface area is 205 Å². The van der Waals surface area contributed by atoms with E-state index in [0.29, 0.717) is 32.8 Å². The Morgan fingerprint density at radius 1 is 1.06 bits per heavy atom. The maximum atomic E-state index is 12.5. The number of nitrogens with zero attached hydrogens (tertiary/aromatic N) is 1. The molecule has 33 heavy (non-hydrogen) atoms. The van der Waals surface area contributed by atoms with Crippen LogP contribution in [0.1, 0.15) is 11.1 Å². The molecule has 3 aromatic carbocycles. The van der Waals surface area contributed by atoms with Gasteiger partial charge >= 0.3 is 0 Å². The number of amides is 1. The topological polar surface area (TPSA) is 91.6 Å². The number of aromatic hydroxyl groups is 1. The lowest BCUT2D eigenvalue weighted by Gasteiger charge is -2.14. The molecule has 1 amide bonds. The smallest absolute Gasteiger partial charge is 0.266 e. The molecule has 0 bridgehead atoms. The maximum absolute atomic E-state index is 12.5. The van der Waals surface area contributed by atoms with Gasteiger partial charge in [-0.05, 0) is 65.7 Å². The Bertz CT molecular complexity index is 1250. The average molecular weight is 504 g/mol. The fourth-order valence-electron chi connectivity index (χ4n) is 2.81. The Morgan fingerprint density at radius 3 is 2.42 bits per heavy atom. The number of nitriles is 1. The summed E-state index contributed by atoms with van der Waals surface area (Å²) in [5.74, 6) is 0.0740. The zero-order valence-corrected chi connectivity index (χ0v) is 19.5. The minimum Gasteiger partial charge on any atom is -0.508 e. The van der Waals surface area contributed by atoms with Gasteiger partial charge in [0.2, 0.25) is 0 Å². The highest BCUT2D eigenvalue weighted by atomic mass is 35.5. The first-order chi connectivity index (χ1) is 15.8. The molecule has 2 N–H and O–H groups in total. The van der Waals surface area contributed by atoms with Gasteiger partial charge in [0, 0.05) is 5.69 Å². The predicted molar refractivity (Wildman–Crippen MR) is 129 cm³/mol. The third-order valence-electron chi connectivity index (χ3n) is 4.42. The summed E-state index contributed by atoms with van der Waals surface area (Å²) in [5, 5.41) is 22.5. The van der Waals surface area contributed by atoms with Crippen LogP contribution in [0.2, 0.25) is 15.1 Å². The number of phenolic OH excluding ortho intramolecular Hbond substituents is 1. The standard InChI is InChI=1S/C24H17Cl3N2O4/c1-32-22-11-15(8-16(12-28)24(31)29-17-3-5-18(30)6-4-17)10-21(27)23(22)33-13-14-2-7-19(25)20(26)9-14/h2-11,30H,13H2,1H3,(H,29,31)/b16-8+. The number of hydrogen-bond acceptors (Lipinski definition) is 5. The van der Waals surface area contributed by atoms with Crippen molar-refractivity contribution in [1.29, 1.82) is 5.26 Å². The Kier molecular flexibility index (Phi) is 8.07. The van der Waals surface area contributed by atoms with Gasteiger partial charge in [-0.25, -0.2) is 0 Å². The van der Waals surface area contributed by atoms with Crippen LogP contribution in [0.4, 0.5) is 5.69 Å². The van der Waals surface area contributed by atoms with E-state index in [1.54, 1.807) is 30.3 Å². The number of halogens is 3. The highest BCUT2D eigenvalue weighted by Gasteiger charge is 2.15. The largest absolute Gasteiger partial charge is 0.508 e. The van der Waals surface area contributed by atoms with Crippen LogP contribution in [0, 0.1) is 11.3 Å². The third-order valence-corrected chi connectivity index (χ3v) is 5.44. The normalized spacial score (nSPS) is 10.9. The van der Waals surface area contributed by atoms with Crippen molar-refractivity contribution in [3.05, 3.63) is 86.4 Å². The van der Waals surface area contributed by atoms with Gasteiger partial charge < -0.3 is 19.9 Å². The average Bonchev–Trinajstić information content (AvgIpc) is 2.80. The van der Waals surface area contributed by atoms with Crippen LogP contribution in [-0.4, -0.2) is 18.1 Å². The van der Waals surface area contributed by atoms with E-state index < -0.39 is 5.91 Å². The number of carbonyl (C=O) groups is 1. The number of anilines is 1. The molecule has 0 aromatic heterocycles. The second-order valence-electron chi connectivity index (χ2n) is 6.74. The SMILES string of the molecule is COc1cc(/C=C(\C#N)C(=O)Nc2ccc(O)cc2)cc(Cl)c1OCc1ccc(Cl)c(Cl)c1. The second-order valence-corrected chi connectivity index (χ2v) is 7.96. The highest BCUT2D eigenvalue weighted by Crippen LogP contribution is 2.38. The molecule has 0 fully saturated rings. The van der Waals surface area contributed by atoms with E-state index in [-0.39, 0.29) is 23.0 Å². The van der Waals surface area contributed by atoms with Crippen molar-refractivity contribution in [3.63, 3.8) is 0 Å². The molecule has 0 atom stereocenters. The molecule has 0 aliphatic carbocycles. The molecule has 0 unspecified atom stereocenters. The zero-order valence-electron chi connectivity index (χ0n) is 17.2. The zero-order chi connectivity index (χ0) is 24.0. The summed E-state index contributed by atoms with van der Waals surface area (Å²) < 4.78 is 11.2. The van der Waals surface area contributed by atoms with Gasteiger partial charge in [-0.1, -0.05) is 40.9 Å². The van der Waals surface area contributed by atoms with E-state index in [9.17, 15) is 15.2 Å². The lowest BCUT2D eigenvalue weighted by Crippen LogP contribution is -2.13. The van der Waals surface area contributed by atoms with E-state index in [1.807, 2.05) is 6.07 Å². The number of ether oxygens (including phenoxy) is 2. The molecule has 0 spiro atoms. The fraction of sp³-hybridized carbons (Fsp3) is 0.0833. The summed E-state index contributed by atoms with van der Waals surface area (Å²) in [7, 11) is 1.45. The van der Waals surface area contributed by atoms with Crippen LogP contribution in [0.15, 0.2) is 60.2 Å². The van der Waals surface area contributed by atoms with Gasteiger partial charge in [0.15, 0.2) is 11.5 Å². The van der Waals surface area contributed by atoms with Crippen molar-refractivity contribution in [2.24, 2.45) is 0 Å². The molecule has 6 nitrogen and oxygen atoms in total. The first-order valence-corrected chi connectivity index (χ1v) is 10.6.